The summed E-state index contributed by atoms with van der Waals surface area (Å²) in [5, 5.41) is 19.6. The Morgan fingerprint density at radius 2 is 1.22 bits per heavy atom. The first-order chi connectivity index (χ1) is 29.1. The van der Waals surface area contributed by atoms with Gasteiger partial charge in [0.05, 0.1) is 56.1 Å². The van der Waals surface area contributed by atoms with Gasteiger partial charge in [0.1, 0.15) is 17.2 Å². The van der Waals surface area contributed by atoms with Crippen LogP contribution in [0.1, 0.15) is 22.3 Å². The predicted molar refractivity (Wildman–Crippen MR) is 231 cm³/mol. The second-order valence-corrected chi connectivity index (χ2v) is 14.8. The fourth-order valence-corrected chi connectivity index (χ4v) is 7.42. The maximum Gasteiger partial charge on any atom is 0.238 e. The number of aromatic hydroxyl groups is 1. The monoisotopic (exact) mass is 787 g/mol. The smallest absolute Gasteiger partial charge is 0.238 e. The number of carbonyl (C=O) groups excluding carboxylic acids is 1. The van der Waals surface area contributed by atoms with Gasteiger partial charge < -0.3 is 24.6 Å². The van der Waals surface area contributed by atoms with Crippen molar-refractivity contribution in [1.82, 2.24) is 19.6 Å². The summed E-state index contributed by atoms with van der Waals surface area (Å²) in [5.74, 6) is 1.05. The van der Waals surface area contributed by atoms with Gasteiger partial charge in [0, 0.05) is 38.3 Å². The van der Waals surface area contributed by atoms with Gasteiger partial charge in [-0.2, -0.15) is 5.10 Å². The molecule has 10 heteroatoms. The first kappa shape index (κ1) is 39.5. The third-order valence-electron chi connectivity index (χ3n) is 10.4. The molecule has 0 radical (unpaired) electrons. The number of nitrogens with one attached hydrogen (secondary N) is 1. The van der Waals surface area contributed by atoms with Crippen molar-refractivity contribution < 1.29 is 24.1 Å². The molecule has 0 unspecified atom stereocenters. The SMILES string of the molecule is O=C(CN(CCOCc1ccccc1)Cc1ccccc1)Nc1ccc2c3c(nn2CCN(CCOCc2ccccc2)Cc2ccccc2)-c2cc(O)ccc2Oc13. The van der Waals surface area contributed by atoms with E-state index in [0.717, 1.165) is 40.7 Å². The van der Waals surface area contributed by atoms with Crippen molar-refractivity contribution in [1.29, 1.82) is 0 Å². The van der Waals surface area contributed by atoms with Gasteiger partial charge in [0.2, 0.25) is 5.91 Å². The number of amides is 1. The fraction of sp³-hybridized carbons (Fsp3) is 0.224. The molecule has 0 saturated heterocycles. The molecule has 300 valence electrons. The Morgan fingerprint density at radius 1 is 0.661 bits per heavy atom. The molecule has 1 aromatic heterocycles. The average molecular weight is 788 g/mol. The molecule has 0 saturated carbocycles. The summed E-state index contributed by atoms with van der Waals surface area (Å²) >= 11 is 0. The summed E-state index contributed by atoms with van der Waals surface area (Å²) in [7, 11) is 0. The average Bonchev–Trinajstić information content (AvgIpc) is 3.65. The van der Waals surface area contributed by atoms with Crippen LogP contribution in [0.15, 0.2) is 152 Å². The van der Waals surface area contributed by atoms with Crippen molar-refractivity contribution in [3.8, 4) is 28.5 Å². The number of hydrogen-bond acceptors (Lipinski definition) is 8. The first-order valence-electron chi connectivity index (χ1n) is 20.2. The van der Waals surface area contributed by atoms with Crippen molar-refractivity contribution in [3.63, 3.8) is 0 Å². The number of fused-ring (bicyclic) bond motifs is 2. The Labute approximate surface area is 345 Å². The molecular formula is C49H49N5O5. The second kappa shape index (κ2) is 19.4. The number of carbonyl (C=O) groups is 1. The minimum atomic E-state index is -0.167. The topological polar surface area (TPSA) is 101 Å². The Bertz CT molecular complexity index is 2430. The summed E-state index contributed by atoms with van der Waals surface area (Å²) in [6.07, 6.45) is 0. The summed E-state index contributed by atoms with van der Waals surface area (Å²) in [6, 6.07) is 49.8. The van der Waals surface area contributed by atoms with Gasteiger partial charge in [-0.25, -0.2) is 0 Å². The van der Waals surface area contributed by atoms with Crippen molar-refractivity contribution in [2.75, 3.05) is 44.7 Å². The van der Waals surface area contributed by atoms with Gasteiger partial charge in [-0.1, -0.05) is 121 Å². The number of hydrogen-bond donors (Lipinski definition) is 2. The molecule has 0 atom stereocenters. The lowest BCUT2D eigenvalue weighted by Gasteiger charge is -2.23. The van der Waals surface area contributed by atoms with Crippen molar-refractivity contribution in [2.24, 2.45) is 0 Å². The molecule has 0 fully saturated rings. The van der Waals surface area contributed by atoms with Crippen LogP contribution >= 0.6 is 0 Å². The quantitative estimate of drug-likeness (QED) is 0.0740. The highest BCUT2D eigenvalue weighted by molar-refractivity contribution is 6.07. The molecule has 0 spiro atoms. The number of anilines is 1. The molecule has 10 nitrogen and oxygen atoms in total. The first-order valence-corrected chi connectivity index (χ1v) is 20.2. The standard InChI is InChI=1S/C49H49N5O5/c55-41-21-24-45-42(31-41)48-47-44(54(51-48)26-25-52(32-37-13-5-1-6-14-37)27-29-57-35-39-17-9-3-10-18-39)23-22-43(49(47)59-45)50-46(56)34-53(33-38-15-7-2-8-16-38)28-30-58-36-40-19-11-4-12-20-40/h1-24,31,55H,25-30,32-36H2,(H,50,56). The summed E-state index contributed by atoms with van der Waals surface area (Å²) in [5.41, 5.74) is 7.43. The highest BCUT2D eigenvalue weighted by atomic mass is 16.5. The molecule has 0 bridgehead atoms. The summed E-state index contributed by atoms with van der Waals surface area (Å²) < 4.78 is 20.7. The highest BCUT2D eigenvalue weighted by Gasteiger charge is 2.28. The normalized spacial score (nSPS) is 11.8. The van der Waals surface area contributed by atoms with E-state index in [0.29, 0.717) is 81.1 Å². The summed E-state index contributed by atoms with van der Waals surface area (Å²) in [4.78, 5) is 18.3. The molecule has 1 amide bonds. The Morgan fingerprint density at radius 3 is 1.83 bits per heavy atom. The van der Waals surface area contributed by atoms with E-state index in [1.807, 2.05) is 89.6 Å². The zero-order valence-electron chi connectivity index (χ0n) is 33.1. The van der Waals surface area contributed by atoms with Crippen LogP contribution in [-0.4, -0.2) is 70.0 Å². The van der Waals surface area contributed by atoms with E-state index in [-0.39, 0.29) is 18.2 Å². The van der Waals surface area contributed by atoms with Crippen LogP contribution in [-0.2, 0) is 47.1 Å². The Hall–Kier alpha value is -6.30. The van der Waals surface area contributed by atoms with Crippen LogP contribution in [0.4, 0.5) is 5.69 Å². The van der Waals surface area contributed by atoms with Crippen LogP contribution in [0.3, 0.4) is 0 Å². The molecule has 6 aromatic carbocycles. The van der Waals surface area contributed by atoms with E-state index in [2.05, 4.69) is 63.6 Å². The largest absolute Gasteiger partial charge is 0.508 e. The number of phenolic OH excluding ortho intramolecular Hbond substituents is 1. The minimum absolute atomic E-state index is 0.124. The lowest BCUT2D eigenvalue weighted by molar-refractivity contribution is -0.117. The Kier molecular flexibility index (Phi) is 13.0. The number of phenols is 1. The number of rotatable bonds is 20. The van der Waals surface area contributed by atoms with E-state index in [9.17, 15) is 9.90 Å². The predicted octanol–water partition coefficient (Wildman–Crippen LogP) is 8.89. The zero-order chi connectivity index (χ0) is 40.2. The van der Waals surface area contributed by atoms with Crippen LogP contribution in [0.25, 0.3) is 22.2 Å². The molecule has 1 aliphatic rings. The van der Waals surface area contributed by atoms with Crippen molar-refractivity contribution in [3.05, 3.63) is 174 Å². The third-order valence-corrected chi connectivity index (χ3v) is 10.4. The molecule has 2 heterocycles. The Balaban J connectivity index is 0.997. The van der Waals surface area contributed by atoms with Gasteiger partial charge in [0.15, 0.2) is 5.75 Å². The van der Waals surface area contributed by atoms with Crippen LogP contribution in [0, 0.1) is 0 Å². The summed E-state index contributed by atoms with van der Waals surface area (Å²) in [6.45, 7) is 6.30. The molecule has 59 heavy (non-hydrogen) atoms. The molecule has 0 aliphatic carbocycles. The molecule has 1 aliphatic heterocycles. The van der Waals surface area contributed by atoms with Gasteiger partial charge in [-0.15, -0.1) is 0 Å². The minimum Gasteiger partial charge on any atom is -0.508 e. The van der Waals surface area contributed by atoms with E-state index in [4.69, 9.17) is 19.3 Å². The number of aromatic nitrogens is 2. The van der Waals surface area contributed by atoms with E-state index in [1.54, 1.807) is 18.2 Å². The van der Waals surface area contributed by atoms with Crippen LogP contribution < -0.4 is 10.1 Å². The van der Waals surface area contributed by atoms with Crippen LogP contribution in [0.2, 0.25) is 0 Å². The molecular weight excluding hydrogens is 739 g/mol. The van der Waals surface area contributed by atoms with Crippen LogP contribution in [0.5, 0.6) is 17.2 Å². The lowest BCUT2D eigenvalue weighted by Crippen LogP contribution is -2.35. The number of benzene rings is 6. The molecule has 2 N–H and O–H groups in total. The fourth-order valence-electron chi connectivity index (χ4n) is 7.42. The van der Waals surface area contributed by atoms with E-state index >= 15 is 0 Å². The van der Waals surface area contributed by atoms with Gasteiger partial charge in [-0.3, -0.25) is 19.3 Å². The van der Waals surface area contributed by atoms with Gasteiger partial charge in [-0.05, 0) is 52.6 Å². The van der Waals surface area contributed by atoms with Gasteiger partial charge >= 0.3 is 0 Å². The molecule has 7 aromatic rings. The lowest BCUT2D eigenvalue weighted by atomic mass is 10.0. The number of nitrogens with zero attached hydrogens (tertiary/aromatic N) is 4. The highest BCUT2D eigenvalue weighted by Crippen LogP contribution is 2.50. The second-order valence-electron chi connectivity index (χ2n) is 14.8. The van der Waals surface area contributed by atoms with E-state index < -0.39 is 0 Å². The zero-order valence-corrected chi connectivity index (χ0v) is 33.1. The maximum absolute atomic E-state index is 13.9. The van der Waals surface area contributed by atoms with Crippen molar-refractivity contribution >= 4 is 22.5 Å². The molecule has 8 rings (SSSR count). The van der Waals surface area contributed by atoms with E-state index in [1.165, 1.54) is 5.56 Å². The van der Waals surface area contributed by atoms with Crippen molar-refractivity contribution in [2.45, 2.75) is 32.8 Å². The number of ether oxygens (including phenoxy) is 3. The van der Waals surface area contributed by atoms with Gasteiger partial charge in [0.25, 0.3) is 0 Å². The third kappa shape index (κ3) is 10.4. The maximum atomic E-state index is 13.9.